The minimum atomic E-state index is -1.23. The van der Waals surface area contributed by atoms with Gasteiger partial charge in [0.1, 0.15) is 29.9 Å². The van der Waals surface area contributed by atoms with E-state index in [9.17, 15) is 73.1 Å². The number of nitrogens with one attached hydrogen (secondary N) is 4. The number of nitrogens with two attached hydrogens (primary N) is 3. The van der Waals surface area contributed by atoms with Crippen LogP contribution in [0, 0.1) is 70.1 Å². The van der Waals surface area contributed by atoms with Gasteiger partial charge in [-0.1, -0.05) is 0 Å². The number of rotatable bonds is 20. The van der Waals surface area contributed by atoms with Gasteiger partial charge in [-0.25, -0.2) is 39.5 Å². The SMILES string of the molecule is N[C@H](Cc1cc(F)c(F)cc1F)C1CCN(C(=O)CC(=O)NC2CC2)CC1.N[C@H](Cc1cc(F)c(F)cc1F)C1CCN(C(=O)CCNC(=O)C2CCC(=O)N2)CC1.N[C@H](Cc1cc(F)c(F)cc1F)C1CCN(C(=O)CCNC(=O)c2ccnnc2)CC1. The fraction of sp³-hybridized carbons (Fsp3) is 0.525. The molecular formula is C61H75F9N12O7. The maximum atomic E-state index is 13.9. The average molecular weight is 1260 g/mol. The fourth-order valence-electron chi connectivity index (χ4n) is 11.3. The van der Waals surface area contributed by atoms with E-state index in [0.29, 0.717) is 114 Å². The first-order valence-electron chi connectivity index (χ1n) is 29.8. The first kappa shape index (κ1) is 68.8. The molecule has 5 fully saturated rings. The molecule has 1 unspecified atom stereocenters. The van der Waals surface area contributed by atoms with Gasteiger partial charge in [0.25, 0.3) is 5.91 Å². The molecule has 4 atom stereocenters. The average Bonchev–Trinajstić information content (AvgIpc) is 4.41. The van der Waals surface area contributed by atoms with Gasteiger partial charge in [0.05, 0.1) is 18.0 Å². The Bertz CT molecular complexity index is 3130. The van der Waals surface area contributed by atoms with Gasteiger partial charge in [0, 0.05) is 114 Å². The molecule has 9 rings (SSSR count). The molecule has 4 saturated heterocycles. The monoisotopic (exact) mass is 1260 g/mol. The zero-order valence-electron chi connectivity index (χ0n) is 49.0. The summed E-state index contributed by atoms with van der Waals surface area (Å²) in [6.07, 6.45) is 9.73. The molecular weight excluding hydrogens is 1180 g/mol. The molecule has 19 nitrogen and oxygen atoms in total. The second kappa shape index (κ2) is 32.7. The highest BCUT2D eigenvalue weighted by atomic mass is 19.2. The Labute approximate surface area is 508 Å². The molecule has 10 N–H and O–H groups in total. The van der Waals surface area contributed by atoms with E-state index in [1.165, 1.54) is 18.5 Å². The van der Waals surface area contributed by atoms with Crippen molar-refractivity contribution in [2.45, 2.75) is 133 Å². The van der Waals surface area contributed by atoms with Gasteiger partial charge in [-0.15, -0.1) is 0 Å². The molecule has 5 heterocycles. The summed E-state index contributed by atoms with van der Waals surface area (Å²) in [6.45, 7) is 3.34. The predicted octanol–water partition coefficient (Wildman–Crippen LogP) is 4.70. The third-order valence-corrected chi connectivity index (χ3v) is 16.8. The van der Waals surface area contributed by atoms with Crippen molar-refractivity contribution in [3.8, 4) is 0 Å². The number of likely N-dealkylation sites (tertiary alicyclic amines) is 3. The highest BCUT2D eigenvalue weighted by Gasteiger charge is 2.33. The normalized spacial score (nSPS) is 18.3. The van der Waals surface area contributed by atoms with Crippen LogP contribution in [0.2, 0.25) is 0 Å². The number of piperidine rings is 3. The number of halogens is 9. The number of carbonyl (C=O) groups is 7. The first-order valence-corrected chi connectivity index (χ1v) is 29.8. The van der Waals surface area contributed by atoms with E-state index in [4.69, 9.17) is 17.2 Å². The molecule has 7 amide bonds. The summed E-state index contributed by atoms with van der Waals surface area (Å²) in [5.74, 6) is -10.7. The summed E-state index contributed by atoms with van der Waals surface area (Å²) >= 11 is 0. The summed E-state index contributed by atoms with van der Waals surface area (Å²) in [7, 11) is 0. The molecule has 0 radical (unpaired) electrons. The molecule has 89 heavy (non-hydrogen) atoms. The Morgan fingerprint density at radius 1 is 0.517 bits per heavy atom. The Hall–Kier alpha value is -7.72. The molecule has 5 aliphatic rings. The van der Waals surface area contributed by atoms with Gasteiger partial charge in [0.2, 0.25) is 35.4 Å². The lowest BCUT2D eigenvalue weighted by Gasteiger charge is -2.35. The van der Waals surface area contributed by atoms with Crippen LogP contribution in [0.3, 0.4) is 0 Å². The number of carbonyl (C=O) groups excluding carboxylic acids is 7. The number of benzene rings is 3. The number of nitrogens with zero attached hydrogens (tertiary/aromatic N) is 5. The summed E-state index contributed by atoms with van der Waals surface area (Å²) in [5, 5.41) is 17.9. The highest BCUT2D eigenvalue weighted by molar-refractivity contribution is 5.97. The van der Waals surface area contributed by atoms with Crippen LogP contribution in [0.15, 0.2) is 54.9 Å². The summed E-state index contributed by atoms with van der Waals surface area (Å²) in [6, 6.07) is 4.08. The number of amides is 7. The second-order valence-electron chi connectivity index (χ2n) is 23.2. The van der Waals surface area contributed by atoms with Gasteiger partial charge in [-0.3, -0.25) is 33.6 Å². The quantitative estimate of drug-likeness (QED) is 0.0360. The Balaban J connectivity index is 0.000000191. The van der Waals surface area contributed by atoms with Gasteiger partial charge in [-0.05, 0) is 136 Å². The molecule has 0 spiro atoms. The van der Waals surface area contributed by atoms with E-state index < -0.39 is 76.5 Å². The number of aromatic nitrogens is 2. The topological polar surface area (TPSA) is 281 Å². The number of hydrogen-bond donors (Lipinski definition) is 7. The zero-order valence-corrected chi connectivity index (χ0v) is 49.0. The smallest absolute Gasteiger partial charge is 0.252 e. The van der Waals surface area contributed by atoms with Crippen LogP contribution >= 0.6 is 0 Å². The first-order chi connectivity index (χ1) is 42.4. The third kappa shape index (κ3) is 20.7. The van der Waals surface area contributed by atoms with Crippen LogP contribution in [0.25, 0.3) is 0 Å². The summed E-state index contributed by atoms with van der Waals surface area (Å²) in [5.41, 5.74) is 19.0. The van der Waals surface area contributed by atoms with Gasteiger partial charge in [0.15, 0.2) is 34.9 Å². The largest absolute Gasteiger partial charge is 0.354 e. The van der Waals surface area contributed by atoms with E-state index in [-0.39, 0.29) is 133 Å². The molecule has 484 valence electrons. The van der Waals surface area contributed by atoms with Crippen molar-refractivity contribution < 1.29 is 73.1 Å². The molecule has 0 bridgehead atoms. The lowest BCUT2D eigenvalue weighted by Crippen LogP contribution is -2.46. The zero-order chi connectivity index (χ0) is 64.5. The van der Waals surface area contributed by atoms with Crippen LogP contribution in [-0.4, -0.2) is 149 Å². The summed E-state index contributed by atoms with van der Waals surface area (Å²) in [4.78, 5) is 88.8. The van der Waals surface area contributed by atoms with Gasteiger partial charge in [-0.2, -0.15) is 10.2 Å². The van der Waals surface area contributed by atoms with E-state index >= 15 is 0 Å². The molecule has 4 aromatic rings. The van der Waals surface area contributed by atoms with Gasteiger partial charge < -0.3 is 53.2 Å². The Kier molecular flexibility index (Phi) is 25.2. The molecule has 1 saturated carbocycles. The third-order valence-electron chi connectivity index (χ3n) is 16.8. The molecule has 28 heteroatoms. The minimum absolute atomic E-state index is 0.0299. The predicted molar refractivity (Wildman–Crippen MR) is 305 cm³/mol. The lowest BCUT2D eigenvalue weighted by atomic mass is 9.86. The van der Waals surface area contributed by atoms with E-state index in [2.05, 4.69) is 31.5 Å². The van der Waals surface area contributed by atoms with Crippen LogP contribution in [0.1, 0.15) is 111 Å². The van der Waals surface area contributed by atoms with Crippen molar-refractivity contribution in [3.63, 3.8) is 0 Å². The molecule has 1 aliphatic carbocycles. The van der Waals surface area contributed by atoms with Crippen molar-refractivity contribution in [2.24, 2.45) is 35.0 Å². The van der Waals surface area contributed by atoms with E-state index in [0.717, 1.165) is 31.0 Å². The Morgan fingerprint density at radius 2 is 0.910 bits per heavy atom. The van der Waals surface area contributed by atoms with Crippen LogP contribution < -0.4 is 38.5 Å². The van der Waals surface area contributed by atoms with Crippen LogP contribution in [0.4, 0.5) is 39.5 Å². The van der Waals surface area contributed by atoms with Crippen molar-refractivity contribution in [2.75, 3.05) is 52.4 Å². The van der Waals surface area contributed by atoms with Crippen molar-refractivity contribution in [3.05, 3.63) is 129 Å². The standard InChI is InChI=1S/C21H24F3N5O2.C21H27F3N4O3.C19H24F3N3O2/c22-16-11-18(24)17(23)9-15(16)10-19(25)13-3-7-29(8-4-13)20(30)2-5-26-21(31)14-1-6-27-28-12-14;22-14-11-16(24)15(23)9-13(14)10-17(25)12-4-7-28(8-5-12)20(30)3-6-26-21(31)18-1-2-19(29)27-18;20-14-9-16(22)15(21)7-12(14)8-17(23)11-3-5-25(6-4-11)19(27)10-18(26)24-13-1-2-13/h1,6,9,11-13,19H,2-5,7-8,10,25H2,(H,26,31);9,11-12,17-18H,1-8,10,25H2,(H,26,31)(H,27,29);7,9,11,13,17H,1-6,8,10,23H2,(H,24,26)/t19-;17-,18?;17-/m111/s1. The molecule has 4 aliphatic heterocycles. The Morgan fingerprint density at radius 3 is 1.28 bits per heavy atom. The number of hydrogen-bond acceptors (Lipinski definition) is 12. The second-order valence-corrected chi connectivity index (χ2v) is 23.2. The van der Waals surface area contributed by atoms with Crippen LogP contribution in [0.5, 0.6) is 0 Å². The van der Waals surface area contributed by atoms with Crippen LogP contribution in [-0.2, 0) is 48.0 Å². The molecule has 3 aromatic carbocycles. The van der Waals surface area contributed by atoms with Crippen molar-refractivity contribution >= 4 is 41.4 Å². The van der Waals surface area contributed by atoms with Crippen molar-refractivity contribution in [1.29, 1.82) is 0 Å². The van der Waals surface area contributed by atoms with Gasteiger partial charge >= 0.3 is 0 Å². The maximum Gasteiger partial charge on any atom is 0.252 e. The van der Waals surface area contributed by atoms with Crippen molar-refractivity contribution in [1.82, 2.24) is 46.2 Å². The lowest BCUT2D eigenvalue weighted by molar-refractivity contribution is -0.137. The minimum Gasteiger partial charge on any atom is -0.354 e. The van der Waals surface area contributed by atoms with E-state index in [1.807, 2.05) is 0 Å². The fourth-order valence-corrected chi connectivity index (χ4v) is 11.3. The molecule has 1 aromatic heterocycles. The maximum absolute atomic E-state index is 13.9. The summed E-state index contributed by atoms with van der Waals surface area (Å²) < 4.78 is 121. The van der Waals surface area contributed by atoms with E-state index in [1.54, 1.807) is 14.7 Å². The highest BCUT2D eigenvalue weighted by Crippen LogP contribution is 2.28.